The second-order valence-electron chi connectivity index (χ2n) is 10.2. The maximum atomic E-state index is 13.0. The first-order chi connectivity index (χ1) is 20.4. The Morgan fingerprint density at radius 2 is 1.81 bits per heavy atom. The number of nitrogens with one attached hydrogen (secondary N) is 3. The summed E-state index contributed by atoms with van der Waals surface area (Å²) >= 11 is 0. The third kappa shape index (κ3) is 7.19. The molecule has 1 aliphatic heterocycles. The summed E-state index contributed by atoms with van der Waals surface area (Å²) in [5.74, 6) is 1.29. The Balaban J connectivity index is 0.00000368. The minimum atomic E-state index is -3.71. The molecule has 0 saturated carbocycles. The Morgan fingerprint density at radius 3 is 2.63 bits per heavy atom. The standard InChI is InChI=1S/C31H31N7O3S.ClH/c1-21-12-13-24-25(9-4-11-28(24)38-42(39,40)20-23-7-2-3-16-33-23)29(21)41-30-26(10-6-17-34-30)27-14-18-35-31(37-27)36-22-8-5-15-32-19-22;/h2-4,6-7,9-14,16-18,22,32,38H,5,8,15,19-20H2,1H3,(H,35,36,37);1H/t22-;/m0./s1. The second kappa shape index (κ2) is 13.3. The fraction of sp³-hybridized carbons (Fsp3) is 0.226. The highest BCUT2D eigenvalue weighted by Gasteiger charge is 2.19. The molecule has 1 fully saturated rings. The van der Waals surface area contributed by atoms with E-state index in [1.165, 1.54) is 0 Å². The summed E-state index contributed by atoms with van der Waals surface area (Å²) in [7, 11) is -3.71. The number of hydrogen-bond donors (Lipinski definition) is 3. The van der Waals surface area contributed by atoms with Crippen molar-refractivity contribution in [2.24, 2.45) is 0 Å². The molecular weight excluding hydrogens is 586 g/mol. The molecule has 12 heteroatoms. The van der Waals surface area contributed by atoms with Crippen molar-refractivity contribution in [2.75, 3.05) is 23.1 Å². The molecule has 4 heterocycles. The molecule has 3 aromatic heterocycles. The fourth-order valence-electron chi connectivity index (χ4n) is 5.05. The lowest BCUT2D eigenvalue weighted by Gasteiger charge is -2.23. The van der Waals surface area contributed by atoms with Crippen LogP contribution in [0.5, 0.6) is 11.6 Å². The van der Waals surface area contributed by atoms with Crippen molar-refractivity contribution in [3.63, 3.8) is 0 Å². The van der Waals surface area contributed by atoms with Crippen molar-refractivity contribution in [3.05, 3.63) is 96.6 Å². The molecule has 0 amide bonds. The van der Waals surface area contributed by atoms with E-state index in [0.29, 0.717) is 45.6 Å². The number of fused-ring (bicyclic) bond motifs is 1. The molecule has 0 aliphatic carbocycles. The maximum absolute atomic E-state index is 13.0. The highest BCUT2D eigenvalue weighted by atomic mass is 35.5. The smallest absolute Gasteiger partial charge is 0.238 e. The summed E-state index contributed by atoms with van der Waals surface area (Å²) in [5.41, 5.74) is 3.19. The normalized spacial score (nSPS) is 15.0. The Bertz CT molecular complexity index is 1820. The maximum Gasteiger partial charge on any atom is 0.238 e. The summed E-state index contributed by atoms with van der Waals surface area (Å²) < 4.78 is 35.2. The van der Waals surface area contributed by atoms with Crippen LogP contribution in [-0.4, -0.2) is 47.5 Å². The van der Waals surface area contributed by atoms with E-state index in [4.69, 9.17) is 9.72 Å². The first-order valence-electron chi connectivity index (χ1n) is 13.8. The molecule has 6 rings (SSSR count). The van der Waals surface area contributed by atoms with Gasteiger partial charge in [0, 0.05) is 41.9 Å². The van der Waals surface area contributed by atoms with E-state index in [1.807, 2.05) is 43.3 Å². The van der Waals surface area contributed by atoms with Gasteiger partial charge in [-0.2, -0.15) is 0 Å². The average molecular weight is 618 g/mol. The first-order valence-corrected chi connectivity index (χ1v) is 15.5. The van der Waals surface area contributed by atoms with Gasteiger partial charge in [-0.05, 0) is 68.3 Å². The van der Waals surface area contributed by atoms with Gasteiger partial charge in [0.2, 0.25) is 21.9 Å². The topological polar surface area (TPSA) is 131 Å². The third-order valence-corrected chi connectivity index (χ3v) is 8.28. The van der Waals surface area contributed by atoms with E-state index in [1.54, 1.807) is 48.9 Å². The van der Waals surface area contributed by atoms with Gasteiger partial charge in [-0.15, -0.1) is 12.4 Å². The number of benzene rings is 2. The first kappa shape index (κ1) is 30.1. The van der Waals surface area contributed by atoms with E-state index in [9.17, 15) is 8.42 Å². The Kier molecular flexibility index (Phi) is 9.34. The lowest BCUT2D eigenvalue weighted by Crippen LogP contribution is -2.38. The Labute approximate surface area is 256 Å². The molecule has 0 spiro atoms. The zero-order valence-electron chi connectivity index (χ0n) is 23.5. The van der Waals surface area contributed by atoms with Crippen LogP contribution in [0.15, 0.2) is 85.3 Å². The van der Waals surface area contributed by atoms with Crippen LogP contribution in [0.4, 0.5) is 11.6 Å². The molecule has 222 valence electrons. The number of pyridine rings is 2. The molecule has 10 nitrogen and oxygen atoms in total. The van der Waals surface area contributed by atoms with E-state index >= 15 is 0 Å². The number of halogens is 1. The van der Waals surface area contributed by atoms with Gasteiger partial charge in [-0.3, -0.25) is 9.71 Å². The van der Waals surface area contributed by atoms with E-state index in [0.717, 1.165) is 36.9 Å². The monoisotopic (exact) mass is 617 g/mol. The summed E-state index contributed by atoms with van der Waals surface area (Å²) in [6.45, 7) is 3.85. The van der Waals surface area contributed by atoms with E-state index in [2.05, 4.69) is 30.3 Å². The van der Waals surface area contributed by atoms with Crippen molar-refractivity contribution in [2.45, 2.75) is 31.6 Å². The van der Waals surface area contributed by atoms with Crippen molar-refractivity contribution < 1.29 is 13.2 Å². The van der Waals surface area contributed by atoms with Gasteiger partial charge in [0.25, 0.3) is 0 Å². The lowest BCUT2D eigenvalue weighted by molar-refractivity contribution is 0.466. The number of anilines is 2. The molecule has 1 saturated heterocycles. The zero-order chi connectivity index (χ0) is 28.9. The van der Waals surface area contributed by atoms with Gasteiger partial charge in [0.05, 0.1) is 22.6 Å². The molecule has 0 unspecified atom stereocenters. The van der Waals surface area contributed by atoms with Gasteiger partial charge in [0.1, 0.15) is 11.5 Å². The number of ether oxygens (including phenoxy) is 1. The lowest BCUT2D eigenvalue weighted by atomic mass is 10.0. The molecule has 0 radical (unpaired) electrons. The van der Waals surface area contributed by atoms with Crippen molar-refractivity contribution in [1.82, 2.24) is 25.3 Å². The number of sulfonamides is 1. The van der Waals surface area contributed by atoms with Crippen LogP contribution in [0.25, 0.3) is 22.0 Å². The van der Waals surface area contributed by atoms with E-state index in [-0.39, 0.29) is 24.2 Å². The van der Waals surface area contributed by atoms with Crippen LogP contribution < -0.4 is 20.1 Å². The summed E-state index contributed by atoms with van der Waals surface area (Å²) in [6, 6.07) is 20.3. The molecule has 1 atom stereocenters. The molecule has 5 aromatic rings. The van der Waals surface area contributed by atoms with E-state index < -0.39 is 10.0 Å². The zero-order valence-corrected chi connectivity index (χ0v) is 25.2. The van der Waals surface area contributed by atoms with Gasteiger partial charge in [-0.25, -0.2) is 23.4 Å². The number of rotatable bonds is 9. The average Bonchev–Trinajstić information content (AvgIpc) is 3.00. The number of hydrogen-bond acceptors (Lipinski definition) is 9. The van der Waals surface area contributed by atoms with Gasteiger partial charge in [0.15, 0.2) is 0 Å². The largest absolute Gasteiger partial charge is 0.437 e. The summed E-state index contributed by atoms with van der Waals surface area (Å²) in [6.07, 6.45) is 7.14. The van der Waals surface area contributed by atoms with Crippen LogP contribution in [0.3, 0.4) is 0 Å². The van der Waals surface area contributed by atoms with Crippen LogP contribution in [0.1, 0.15) is 24.1 Å². The van der Waals surface area contributed by atoms with Crippen molar-refractivity contribution in [3.8, 4) is 22.9 Å². The minimum Gasteiger partial charge on any atom is -0.437 e. The highest BCUT2D eigenvalue weighted by Crippen LogP contribution is 2.39. The molecule has 2 aromatic carbocycles. The van der Waals surface area contributed by atoms with Gasteiger partial charge >= 0.3 is 0 Å². The number of piperidine rings is 1. The van der Waals surface area contributed by atoms with Crippen LogP contribution in [0.2, 0.25) is 0 Å². The summed E-state index contributed by atoms with van der Waals surface area (Å²) in [5, 5.41) is 8.28. The van der Waals surface area contributed by atoms with Crippen LogP contribution in [0, 0.1) is 6.92 Å². The molecule has 1 aliphatic rings. The third-order valence-electron chi connectivity index (χ3n) is 7.07. The quantitative estimate of drug-likeness (QED) is 0.190. The Morgan fingerprint density at radius 1 is 0.930 bits per heavy atom. The number of aromatic nitrogens is 4. The molecular formula is C31H32ClN7O3S. The predicted octanol–water partition coefficient (Wildman–Crippen LogP) is 5.72. The van der Waals surface area contributed by atoms with Crippen LogP contribution in [-0.2, 0) is 15.8 Å². The number of aryl methyl sites for hydroxylation is 1. The minimum absolute atomic E-state index is 0. The predicted molar refractivity (Wildman–Crippen MR) is 171 cm³/mol. The highest BCUT2D eigenvalue weighted by molar-refractivity contribution is 7.91. The van der Waals surface area contributed by atoms with Crippen LogP contribution >= 0.6 is 12.4 Å². The molecule has 0 bridgehead atoms. The summed E-state index contributed by atoms with van der Waals surface area (Å²) in [4.78, 5) is 17.9. The van der Waals surface area contributed by atoms with Gasteiger partial charge < -0.3 is 15.4 Å². The fourth-order valence-corrected chi connectivity index (χ4v) is 6.19. The molecule has 3 N–H and O–H groups in total. The van der Waals surface area contributed by atoms with Gasteiger partial charge in [-0.1, -0.05) is 30.3 Å². The Hall–Kier alpha value is -4.32. The van der Waals surface area contributed by atoms with Crippen molar-refractivity contribution >= 4 is 44.8 Å². The molecule has 43 heavy (non-hydrogen) atoms. The SMILES string of the molecule is Cc1ccc2c(NS(=O)(=O)Cc3ccccn3)cccc2c1Oc1ncccc1-c1ccnc(N[C@H]2CCCNC2)n1.Cl. The van der Waals surface area contributed by atoms with Crippen molar-refractivity contribution in [1.29, 1.82) is 0 Å². The number of nitrogens with zero attached hydrogens (tertiary/aromatic N) is 4. The second-order valence-corrected chi connectivity index (χ2v) is 11.9.